The van der Waals surface area contributed by atoms with E-state index in [4.69, 9.17) is 4.74 Å². The summed E-state index contributed by atoms with van der Waals surface area (Å²) in [4.78, 5) is 14.9. The van der Waals surface area contributed by atoms with Crippen molar-refractivity contribution in [2.24, 2.45) is 0 Å². The van der Waals surface area contributed by atoms with E-state index in [2.05, 4.69) is 15.9 Å². The summed E-state index contributed by atoms with van der Waals surface area (Å²) in [6.07, 6.45) is 0. The number of nitrogens with zero attached hydrogens (tertiary/aromatic N) is 1. The van der Waals surface area contributed by atoms with Gasteiger partial charge >= 0.3 is 0 Å². The summed E-state index contributed by atoms with van der Waals surface area (Å²) in [5, 5.41) is 9.88. The molecule has 1 amide bonds. The Morgan fingerprint density at radius 2 is 2.15 bits per heavy atom. The number of methoxy groups -OCH3 is 1. The Kier molecular flexibility index (Phi) is 4.67. The third-order valence-electron chi connectivity index (χ3n) is 2.80. The summed E-state index contributed by atoms with van der Waals surface area (Å²) in [5.41, 5.74) is 0.268. The monoisotopic (exact) mass is 355 g/mol. The largest absolute Gasteiger partial charge is 0.507 e. The van der Waals surface area contributed by atoms with Crippen molar-refractivity contribution in [2.45, 2.75) is 6.54 Å². The summed E-state index contributed by atoms with van der Waals surface area (Å²) in [7, 11) is 3.22. The number of phenols is 1. The fourth-order valence-electron chi connectivity index (χ4n) is 1.77. The lowest BCUT2D eigenvalue weighted by Gasteiger charge is -2.17. The number of hydrogen-bond acceptors (Lipinski definition) is 4. The molecule has 2 aromatic rings. The molecule has 20 heavy (non-hydrogen) atoms. The molecule has 4 nitrogen and oxygen atoms in total. The van der Waals surface area contributed by atoms with Gasteiger partial charge in [0.15, 0.2) is 0 Å². The molecule has 0 aliphatic rings. The number of carbonyl (C=O) groups is 1. The maximum absolute atomic E-state index is 12.3. The van der Waals surface area contributed by atoms with Crippen LogP contribution in [0.25, 0.3) is 0 Å². The van der Waals surface area contributed by atoms with Gasteiger partial charge < -0.3 is 14.7 Å². The molecule has 1 aromatic heterocycles. The van der Waals surface area contributed by atoms with Gasteiger partial charge in [0.1, 0.15) is 11.5 Å². The van der Waals surface area contributed by atoms with Crippen molar-refractivity contribution in [1.82, 2.24) is 4.90 Å². The van der Waals surface area contributed by atoms with Crippen molar-refractivity contribution in [2.75, 3.05) is 14.2 Å². The molecule has 0 radical (unpaired) electrons. The number of amides is 1. The number of halogens is 1. The van der Waals surface area contributed by atoms with E-state index in [1.807, 2.05) is 12.1 Å². The van der Waals surface area contributed by atoms with Crippen LogP contribution in [0.4, 0.5) is 0 Å². The molecule has 2 rings (SSSR count). The fourth-order valence-corrected chi connectivity index (χ4v) is 3.30. The highest BCUT2D eigenvalue weighted by molar-refractivity contribution is 9.11. The van der Waals surface area contributed by atoms with E-state index >= 15 is 0 Å². The fraction of sp³-hybridized carbons (Fsp3) is 0.214. The van der Waals surface area contributed by atoms with Crippen molar-refractivity contribution >= 4 is 33.2 Å². The summed E-state index contributed by atoms with van der Waals surface area (Å²) in [5.74, 6) is 0.215. The Bertz CT molecular complexity index is 627. The molecular formula is C14H14BrNO3S. The van der Waals surface area contributed by atoms with Crippen LogP contribution in [0, 0.1) is 0 Å². The predicted octanol–water partition coefficient (Wildman–Crippen LogP) is 3.50. The lowest BCUT2D eigenvalue weighted by molar-refractivity contribution is 0.0783. The zero-order valence-corrected chi connectivity index (χ0v) is 13.5. The van der Waals surface area contributed by atoms with Gasteiger partial charge in [-0.15, -0.1) is 11.3 Å². The van der Waals surface area contributed by atoms with Crippen molar-refractivity contribution in [3.8, 4) is 11.5 Å². The third kappa shape index (κ3) is 3.32. The SMILES string of the molecule is COc1ccc(C(=O)N(C)Cc2ccc(Br)s2)c(O)c1. The van der Waals surface area contributed by atoms with Gasteiger partial charge in [-0.25, -0.2) is 0 Å². The van der Waals surface area contributed by atoms with Crippen LogP contribution in [0.5, 0.6) is 11.5 Å². The lowest BCUT2D eigenvalue weighted by atomic mass is 10.1. The van der Waals surface area contributed by atoms with E-state index in [-0.39, 0.29) is 17.2 Å². The first kappa shape index (κ1) is 14.9. The number of thiophene rings is 1. The Morgan fingerprint density at radius 3 is 2.70 bits per heavy atom. The number of rotatable bonds is 4. The highest BCUT2D eigenvalue weighted by atomic mass is 79.9. The summed E-state index contributed by atoms with van der Waals surface area (Å²) >= 11 is 4.97. The van der Waals surface area contributed by atoms with Crippen LogP contribution in [0.1, 0.15) is 15.2 Å². The Hall–Kier alpha value is -1.53. The van der Waals surface area contributed by atoms with Gasteiger partial charge in [0, 0.05) is 18.0 Å². The number of benzene rings is 1. The molecule has 0 spiro atoms. The van der Waals surface area contributed by atoms with Crippen LogP contribution in [0.2, 0.25) is 0 Å². The first-order chi connectivity index (χ1) is 9.51. The van der Waals surface area contributed by atoms with Crippen LogP contribution in [-0.2, 0) is 6.54 Å². The van der Waals surface area contributed by atoms with Crippen molar-refractivity contribution in [1.29, 1.82) is 0 Å². The van der Waals surface area contributed by atoms with Crippen molar-refractivity contribution < 1.29 is 14.6 Å². The summed E-state index contributed by atoms with van der Waals surface area (Å²) in [6, 6.07) is 8.57. The van der Waals surface area contributed by atoms with Gasteiger partial charge in [-0.3, -0.25) is 4.79 Å². The van der Waals surface area contributed by atoms with Crippen LogP contribution in [0.3, 0.4) is 0 Å². The van der Waals surface area contributed by atoms with E-state index < -0.39 is 0 Å². The second kappa shape index (κ2) is 6.28. The molecular weight excluding hydrogens is 342 g/mol. The number of hydrogen-bond donors (Lipinski definition) is 1. The molecule has 106 valence electrons. The molecule has 0 saturated carbocycles. The Morgan fingerprint density at radius 1 is 1.40 bits per heavy atom. The minimum atomic E-state index is -0.227. The standard InChI is InChI=1S/C14H14BrNO3S/c1-16(8-10-4-6-13(15)20-10)14(18)11-5-3-9(19-2)7-12(11)17/h3-7,17H,8H2,1-2H3. The molecule has 0 aliphatic heterocycles. The van der Waals surface area contributed by atoms with Gasteiger partial charge in [-0.05, 0) is 40.2 Å². The minimum absolute atomic E-state index is 0.0754. The average Bonchev–Trinajstić information content (AvgIpc) is 2.83. The number of phenolic OH excluding ortho intramolecular Hbond substituents is 1. The topological polar surface area (TPSA) is 49.8 Å². The molecule has 1 heterocycles. The predicted molar refractivity (Wildman–Crippen MR) is 82.5 cm³/mol. The van der Waals surface area contributed by atoms with E-state index in [0.29, 0.717) is 12.3 Å². The van der Waals surface area contributed by atoms with Gasteiger partial charge in [0.25, 0.3) is 5.91 Å². The van der Waals surface area contributed by atoms with Gasteiger partial charge in [0.05, 0.1) is 23.0 Å². The van der Waals surface area contributed by atoms with Crippen molar-refractivity contribution in [3.05, 3.63) is 44.6 Å². The zero-order chi connectivity index (χ0) is 14.7. The smallest absolute Gasteiger partial charge is 0.257 e. The normalized spacial score (nSPS) is 10.3. The number of carbonyl (C=O) groups excluding carboxylic acids is 1. The lowest BCUT2D eigenvalue weighted by Crippen LogP contribution is -2.25. The molecule has 0 fully saturated rings. The first-order valence-corrected chi connectivity index (χ1v) is 7.49. The molecule has 6 heteroatoms. The molecule has 0 atom stereocenters. The summed E-state index contributed by atoms with van der Waals surface area (Å²) < 4.78 is 6.03. The van der Waals surface area contributed by atoms with E-state index in [0.717, 1.165) is 8.66 Å². The molecule has 1 N–H and O–H groups in total. The van der Waals surface area contributed by atoms with Gasteiger partial charge in [-0.2, -0.15) is 0 Å². The number of aromatic hydroxyl groups is 1. The van der Waals surface area contributed by atoms with Crippen LogP contribution < -0.4 is 4.74 Å². The second-order valence-corrected chi connectivity index (χ2v) is 6.80. The van der Waals surface area contributed by atoms with Gasteiger partial charge in [0.2, 0.25) is 0 Å². The molecule has 0 bridgehead atoms. The van der Waals surface area contributed by atoms with Crippen LogP contribution >= 0.6 is 27.3 Å². The van der Waals surface area contributed by atoms with Crippen molar-refractivity contribution in [3.63, 3.8) is 0 Å². The molecule has 0 unspecified atom stereocenters. The maximum Gasteiger partial charge on any atom is 0.257 e. The Balaban J connectivity index is 2.14. The highest BCUT2D eigenvalue weighted by Gasteiger charge is 2.17. The number of ether oxygens (including phenoxy) is 1. The van der Waals surface area contributed by atoms with Crippen LogP contribution in [-0.4, -0.2) is 30.1 Å². The average molecular weight is 356 g/mol. The van der Waals surface area contributed by atoms with Crippen LogP contribution in [0.15, 0.2) is 34.1 Å². The summed E-state index contributed by atoms with van der Waals surface area (Å²) in [6.45, 7) is 0.501. The van der Waals surface area contributed by atoms with E-state index in [1.165, 1.54) is 13.2 Å². The third-order valence-corrected chi connectivity index (χ3v) is 4.41. The first-order valence-electron chi connectivity index (χ1n) is 5.88. The quantitative estimate of drug-likeness (QED) is 0.912. The minimum Gasteiger partial charge on any atom is -0.507 e. The molecule has 0 aliphatic carbocycles. The second-order valence-electron chi connectivity index (χ2n) is 4.25. The Labute approximate surface area is 129 Å². The zero-order valence-electron chi connectivity index (χ0n) is 11.1. The van der Waals surface area contributed by atoms with Gasteiger partial charge in [-0.1, -0.05) is 0 Å². The van der Waals surface area contributed by atoms with E-state index in [9.17, 15) is 9.90 Å². The molecule has 0 saturated heterocycles. The molecule has 1 aromatic carbocycles. The van der Waals surface area contributed by atoms with E-state index in [1.54, 1.807) is 35.4 Å². The maximum atomic E-state index is 12.3. The highest BCUT2D eigenvalue weighted by Crippen LogP contribution is 2.26.